The predicted molar refractivity (Wildman–Crippen MR) is 117 cm³/mol. The fourth-order valence-electron chi connectivity index (χ4n) is 3.37. The van der Waals surface area contributed by atoms with E-state index in [4.69, 9.17) is 9.15 Å². The van der Waals surface area contributed by atoms with E-state index in [0.29, 0.717) is 41.9 Å². The van der Waals surface area contributed by atoms with Crippen LogP contribution in [0.25, 0.3) is 16.8 Å². The Labute approximate surface area is 179 Å². The molecule has 0 aliphatic heterocycles. The third-order valence-corrected chi connectivity index (χ3v) is 4.72. The van der Waals surface area contributed by atoms with Crippen LogP contribution in [0.4, 0.5) is 5.82 Å². The van der Waals surface area contributed by atoms with Crippen LogP contribution in [0.3, 0.4) is 0 Å². The molecule has 0 aliphatic rings. The van der Waals surface area contributed by atoms with Gasteiger partial charge in [-0.3, -0.25) is 4.79 Å². The average Bonchev–Trinajstić information content (AvgIpc) is 3.33. The minimum Gasteiger partial charge on any atom is -0.493 e. The molecule has 4 aromatic rings. The number of ether oxygens (including phenoxy) is 1. The first kappa shape index (κ1) is 20.4. The number of anilines is 1. The average molecular weight is 420 g/mol. The molecule has 1 aromatic carbocycles. The minimum atomic E-state index is -0.290. The van der Waals surface area contributed by atoms with E-state index in [1.165, 1.54) is 0 Å². The normalized spacial score (nSPS) is 11.0. The molecule has 2 N–H and O–H groups in total. The van der Waals surface area contributed by atoms with Crippen LogP contribution in [-0.2, 0) is 0 Å². The number of furan rings is 1. The number of aromatic nitrogens is 4. The number of benzene rings is 1. The molecule has 9 nitrogen and oxygen atoms in total. The van der Waals surface area contributed by atoms with Gasteiger partial charge >= 0.3 is 0 Å². The van der Waals surface area contributed by atoms with Crippen molar-refractivity contribution in [1.29, 1.82) is 0 Å². The van der Waals surface area contributed by atoms with Crippen LogP contribution in [0, 0.1) is 20.8 Å². The quantitative estimate of drug-likeness (QED) is 0.442. The molecule has 1 amide bonds. The predicted octanol–water partition coefficient (Wildman–Crippen LogP) is 3.18. The Morgan fingerprint density at radius 3 is 2.71 bits per heavy atom. The van der Waals surface area contributed by atoms with Gasteiger partial charge in [-0.15, -0.1) is 0 Å². The first-order chi connectivity index (χ1) is 14.9. The van der Waals surface area contributed by atoms with Crippen molar-refractivity contribution < 1.29 is 13.9 Å². The maximum Gasteiger partial charge on any atom is 0.287 e. The lowest BCUT2D eigenvalue weighted by atomic mass is 10.2. The molecule has 0 saturated heterocycles. The van der Waals surface area contributed by atoms with Gasteiger partial charge in [-0.2, -0.15) is 5.10 Å². The second kappa shape index (κ2) is 8.47. The first-order valence-electron chi connectivity index (χ1n) is 9.92. The molecule has 0 bridgehead atoms. The topological polar surface area (TPSA) is 107 Å². The number of aryl methyl sites for hydroxylation is 3. The number of amides is 1. The number of hydrogen-bond acceptors (Lipinski definition) is 7. The van der Waals surface area contributed by atoms with E-state index in [1.54, 1.807) is 23.9 Å². The van der Waals surface area contributed by atoms with Crippen LogP contribution >= 0.6 is 0 Å². The van der Waals surface area contributed by atoms with Gasteiger partial charge < -0.3 is 19.8 Å². The molecule has 0 saturated carbocycles. The monoisotopic (exact) mass is 420 g/mol. The summed E-state index contributed by atoms with van der Waals surface area (Å²) in [6.45, 7) is 6.64. The van der Waals surface area contributed by atoms with Gasteiger partial charge in [0.05, 0.1) is 12.8 Å². The second-order valence-corrected chi connectivity index (χ2v) is 7.17. The maximum atomic E-state index is 12.4. The molecule has 0 spiro atoms. The van der Waals surface area contributed by atoms with Crippen molar-refractivity contribution in [1.82, 2.24) is 25.1 Å². The highest BCUT2D eigenvalue weighted by atomic mass is 16.5. The zero-order valence-electron chi connectivity index (χ0n) is 17.9. The van der Waals surface area contributed by atoms with Crippen LogP contribution in [-0.4, -0.2) is 45.9 Å². The lowest BCUT2D eigenvalue weighted by Gasteiger charge is -2.10. The summed E-state index contributed by atoms with van der Waals surface area (Å²) in [6.07, 6.45) is 0. The van der Waals surface area contributed by atoms with Crippen LogP contribution in [0.15, 0.2) is 40.8 Å². The molecule has 0 atom stereocenters. The van der Waals surface area contributed by atoms with Crippen LogP contribution in [0.2, 0.25) is 0 Å². The highest BCUT2D eigenvalue weighted by Gasteiger charge is 2.14. The fraction of sp³-hybridized carbons (Fsp3) is 0.273. The van der Waals surface area contributed by atoms with Gasteiger partial charge in [0.25, 0.3) is 5.91 Å². The van der Waals surface area contributed by atoms with Crippen LogP contribution < -0.4 is 15.4 Å². The Morgan fingerprint density at radius 1 is 1.13 bits per heavy atom. The third kappa shape index (κ3) is 4.35. The number of hydrogen-bond donors (Lipinski definition) is 2. The molecule has 9 heteroatoms. The molecule has 3 heterocycles. The molecule has 0 aliphatic carbocycles. The van der Waals surface area contributed by atoms with Crippen LogP contribution in [0.1, 0.15) is 27.8 Å². The minimum absolute atomic E-state index is 0.240. The van der Waals surface area contributed by atoms with E-state index in [0.717, 1.165) is 16.8 Å². The van der Waals surface area contributed by atoms with E-state index in [1.807, 2.05) is 45.0 Å². The van der Waals surface area contributed by atoms with Gasteiger partial charge in [0.1, 0.15) is 11.6 Å². The molecule has 4 rings (SSSR count). The molecule has 3 aromatic heterocycles. The summed E-state index contributed by atoms with van der Waals surface area (Å²) in [6, 6.07) is 11.0. The Kier molecular flexibility index (Phi) is 5.57. The molecule has 31 heavy (non-hydrogen) atoms. The SMILES string of the molecule is COc1cccc2cc(C(=O)NCCNc3cc(-n4nc(C)cc4C)nc(C)n3)oc12. The van der Waals surface area contributed by atoms with E-state index in [-0.39, 0.29) is 11.7 Å². The number of nitrogens with zero attached hydrogens (tertiary/aromatic N) is 4. The largest absolute Gasteiger partial charge is 0.493 e. The fourth-order valence-corrected chi connectivity index (χ4v) is 3.37. The summed E-state index contributed by atoms with van der Waals surface area (Å²) in [5.74, 6) is 2.54. The summed E-state index contributed by atoms with van der Waals surface area (Å²) >= 11 is 0. The zero-order chi connectivity index (χ0) is 22.0. The van der Waals surface area contributed by atoms with E-state index in [9.17, 15) is 4.79 Å². The van der Waals surface area contributed by atoms with Crippen molar-refractivity contribution >= 4 is 22.7 Å². The summed E-state index contributed by atoms with van der Waals surface area (Å²) in [4.78, 5) is 21.3. The van der Waals surface area contributed by atoms with Crippen molar-refractivity contribution in [3.05, 3.63) is 59.4 Å². The van der Waals surface area contributed by atoms with Crippen molar-refractivity contribution in [3.63, 3.8) is 0 Å². The maximum absolute atomic E-state index is 12.4. The lowest BCUT2D eigenvalue weighted by Crippen LogP contribution is -2.28. The highest BCUT2D eigenvalue weighted by molar-refractivity contribution is 5.97. The first-order valence-corrected chi connectivity index (χ1v) is 9.92. The number of nitrogens with one attached hydrogen (secondary N) is 2. The Morgan fingerprint density at radius 2 is 1.97 bits per heavy atom. The highest BCUT2D eigenvalue weighted by Crippen LogP contribution is 2.28. The van der Waals surface area contributed by atoms with Gasteiger partial charge in [0.2, 0.25) is 0 Å². The van der Waals surface area contributed by atoms with E-state index < -0.39 is 0 Å². The van der Waals surface area contributed by atoms with E-state index >= 15 is 0 Å². The van der Waals surface area contributed by atoms with Gasteiger partial charge in [-0.1, -0.05) is 12.1 Å². The summed E-state index contributed by atoms with van der Waals surface area (Å²) in [5, 5.41) is 11.3. The summed E-state index contributed by atoms with van der Waals surface area (Å²) < 4.78 is 12.7. The van der Waals surface area contributed by atoms with Crippen molar-refractivity contribution in [2.24, 2.45) is 0 Å². The van der Waals surface area contributed by atoms with Crippen molar-refractivity contribution in [3.8, 4) is 11.6 Å². The van der Waals surface area contributed by atoms with Gasteiger partial charge in [0, 0.05) is 30.2 Å². The Bertz CT molecular complexity index is 1240. The Hall–Kier alpha value is -3.88. The van der Waals surface area contributed by atoms with Gasteiger partial charge in [-0.25, -0.2) is 14.6 Å². The lowest BCUT2D eigenvalue weighted by molar-refractivity contribution is 0.0929. The number of rotatable bonds is 7. The number of para-hydroxylation sites is 1. The van der Waals surface area contributed by atoms with E-state index in [2.05, 4.69) is 25.7 Å². The molecule has 0 radical (unpaired) electrons. The molecule has 160 valence electrons. The summed E-state index contributed by atoms with van der Waals surface area (Å²) in [7, 11) is 1.57. The third-order valence-electron chi connectivity index (χ3n) is 4.72. The number of methoxy groups -OCH3 is 1. The van der Waals surface area contributed by atoms with Gasteiger partial charge in [0.15, 0.2) is 22.9 Å². The molecule has 0 fully saturated rings. The van der Waals surface area contributed by atoms with Crippen molar-refractivity contribution in [2.45, 2.75) is 20.8 Å². The standard InChI is InChI=1S/C22H24N6O3/c1-13-10-14(2)28(27-13)20-12-19(25-15(3)26-20)23-8-9-24-22(29)18-11-16-6-5-7-17(30-4)21(16)31-18/h5-7,10-12H,8-9H2,1-4H3,(H,24,29)(H,23,25,26). The second-order valence-electron chi connectivity index (χ2n) is 7.17. The van der Waals surface area contributed by atoms with Crippen molar-refractivity contribution in [2.75, 3.05) is 25.5 Å². The number of carbonyl (C=O) groups excluding carboxylic acids is 1. The zero-order valence-corrected chi connectivity index (χ0v) is 17.9. The Balaban J connectivity index is 1.38. The smallest absolute Gasteiger partial charge is 0.287 e. The summed E-state index contributed by atoms with van der Waals surface area (Å²) in [5.41, 5.74) is 2.48. The molecule has 0 unspecified atom stereocenters. The van der Waals surface area contributed by atoms with Gasteiger partial charge in [-0.05, 0) is 39.0 Å². The molecular formula is C22H24N6O3. The molecular weight excluding hydrogens is 396 g/mol. The van der Waals surface area contributed by atoms with Crippen LogP contribution in [0.5, 0.6) is 5.75 Å². The number of fused-ring (bicyclic) bond motifs is 1. The number of carbonyl (C=O) groups is 1.